The van der Waals surface area contributed by atoms with E-state index >= 15 is 0 Å². The topological polar surface area (TPSA) is 96.3 Å². The van der Waals surface area contributed by atoms with Gasteiger partial charge in [0.2, 0.25) is 5.91 Å². The molecule has 2 fully saturated rings. The summed E-state index contributed by atoms with van der Waals surface area (Å²) in [6.07, 6.45) is 4.83. The molecule has 2 aliphatic rings. The van der Waals surface area contributed by atoms with Crippen molar-refractivity contribution in [3.63, 3.8) is 0 Å². The highest BCUT2D eigenvalue weighted by molar-refractivity contribution is 6.07. The third kappa shape index (κ3) is 3.71. The van der Waals surface area contributed by atoms with Crippen LogP contribution in [0.3, 0.4) is 0 Å². The summed E-state index contributed by atoms with van der Waals surface area (Å²) in [4.78, 5) is 43.4. The highest BCUT2D eigenvalue weighted by Gasteiger charge is 2.42. The van der Waals surface area contributed by atoms with Gasteiger partial charge in [-0.25, -0.2) is 9.78 Å². The van der Waals surface area contributed by atoms with Gasteiger partial charge in [-0.05, 0) is 44.9 Å². The molecule has 2 heterocycles. The Kier molecular flexibility index (Phi) is 5.25. The molecule has 29 heavy (non-hydrogen) atoms. The normalized spacial score (nSPS) is 20.3. The van der Waals surface area contributed by atoms with Gasteiger partial charge in [-0.1, -0.05) is 19.3 Å². The molecule has 0 spiro atoms. The molecule has 1 aromatic carbocycles. The Morgan fingerprint density at radius 2 is 2.00 bits per heavy atom. The van der Waals surface area contributed by atoms with E-state index in [1.54, 1.807) is 0 Å². The van der Waals surface area contributed by atoms with Crippen LogP contribution in [0.4, 0.5) is 10.5 Å². The summed E-state index contributed by atoms with van der Waals surface area (Å²) in [6, 6.07) is 4.38. The lowest BCUT2D eigenvalue weighted by molar-refractivity contribution is -0.131. The summed E-state index contributed by atoms with van der Waals surface area (Å²) >= 11 is 0. The van der Waals surface area contributed by atoms with Crippen molar-refractivity contribution in [2.75, 3.05) is 5.32 Å². The molecule has 1 aliphatic heterocycles. The summed E-state index contributed by atoms with van der Waals surface area (Å²) in [5.74, 6) is 0.331. The van der Waals surface area contributed by atoms with Crippen LogP contribution < -0.4 is 10.6 Å². The maximum Gasteiger partial charge on any atom is 0.325 e. The molecular weight excluding hydrogens is 370 g/mol. The second kappa shape index (κ2) is 7.85. The number of hydrogen-bond donors (Lipinski definition) is 2. The molecule has 1 aromatic heterocycles. The number of anilines is 1. The first-order valence-electron chi connectivity index (χ1n) is 10.4. The molecule has 0 radical (unpaired) electrons. The lowest BCUT2D eigenvalue weighted by Gasteiger charge is -2.28. The first-order valence-corrected chi connectivity index (χ1v) is 10.4. The Morgan fingerprint density at radius 3 is 2.72 bits per heavy atom. The van der Waals surface area contributed by atoms with Gasteiger partial charge in [-0.15, -0.1) is 0 Å². The number of carbonyl (C=O) groups excluding carboxylic acids is 3. The van der Waals surface area contributed by atoms with Crippen LogP contribution in [0, 0.1) is 6.92 Å². The smallest absolute Gasteiger partial charge is 0.325 e. The Bertz CT molecular complexity index is 961. The van der Waals surface area contributed by atoms with Crippen LogP contribution in [0.25, 0.3) is 11.0 Å². The number of carbonyl (C=O) groups is 3. The van der Waals surface area contributed by atoms with Crippen molar-refractivity contribution in [2.24, 2.45) is 0 Å². The molecule has 1 atom stereocenters. The average molecular weight is 397 g/mol. The monoisotopic (exact) mass is 397 g/mol. The largest absolute Gasteiger partial charge is 0.329 e. The highest BCUT2D eigenvalue weighted by Crippen LogP contribution is 2.26. The standard InChI is InChI=1S/C21H27N5O3/c1-3-25-13(2)22-16-11-14(9-10-18(16)25)23-19(27)12-17-20(28)26(21(29)24-17)15-7-5-4-6-8-15/h9-11,15,17H,3-8,12H2,1-2H3,(H,23,27)(H,24,29). The molecule has 8 heteroatoms. The van der Waals surface area contributed by atoms with Gasteiger partial charge in [-0.2, -0.15) is 0 Å². The molecule has 4 rings (SSSR count). The van der Waals surface area contributed by atoms with Gasteiger partial charge in [0.05, 0.1) is 17.5 Å². The number of rotatable bonds is 5. The van der Waals surface area contributed by atoms with Gasteiger partial charge in [0.1, 0.15) is 11.9 Å². The predicted octanol–water partition coefficient (Wildman–Crippen LogP) is 2.95. The summed E-state index contributed by atoms with van der Waals surface area (Å²) < 4.78 is 2.10. The number of urea groups is 1. The number of imide groups is 1. The van der Waals surface area contributed by atoms with Gasteiger partial charge in [0.25, 0.3) is 5.91 Å². The Morgan fingerprint density at radius 1 is 1.24 bits per heavy atom. The van der Waals surface area contributed by atoms with Crippen molar-refractivity contribution < 1.29 is 14.4 Å². The molecule has 2 N–H and O–H groups in total. The van der Waals surface area contributed by atoms with Gasteiger partial charge in [0.15, 0.2) is 0 Å². The average Bonchev–Trinajstić information content (AvgIpc) is 3.16. The number of imidazole rings is 1. The third-order valence-corrected chi connectivity index (χ3v) is 5.92. The zero-order chi connectivity index (χ0) is 20.5. The lowest BCUT2D eigenvalue weighted by Crippen LogP contribution is -2.42. The van der Waals surface area contributed by atoms with Gasteiger partial charge < -0.3 is 15.2 Å². The van der Waals surface area contributed by atoms with E-state index in [0.717, 1.165) is 55.5 Å². The fraction of sp³-hybridized carbons (Fsp3) is 0.524. The number of amides is 4. The van der Waals surface area contributed by atoms with Gasteiger partial charge in [-0.3, -0.25) is 14.5 Å². The van der Waals surface area contributed by atoms with Crippen molar-refractivity contribution in [3.8, 4) is 0 Å². The molecule has 154 valence electrons. The van der Waals surface area contributed by atoms with E-state index in [4.69, 9.17) is 0 Å². The van der Waals surface area contributed by atoms with Crippen LogP contribution in [-0.4, -0.2) is 44.4 Å². The summed E-state index contributed by atoms with van der Waals surface area (Å²) in [5.41, 5.74) is 2.46. The Hall–Kier alpha value is -2.90. The van der Waals surface area contributed by atoms with Crippen LogP contribution in [0.15, 0.2) is 18.2 Å². The molecule has 4 amide bonds. The maximum atomic E-state index is 12.7. The van der Waals surface area contributed by atoms with Crippen molar-refractivity contribution in [1.29, 1.82) is 0 Å². The van der Waals surface area contributed by atoms with E-state index in [9.17, 15) is 14.4 Å². The van der Waals surface area contributed by atoms with Crippen molar-refractivity contribution in [2.45, 2.75) is 71.0 Å². The zero-order valence-corrected chi connectivity index (χ0v) is 16.9. The summed E-state index contributed by atoms with van der Waals surface area (Å²) in [6.45, 7) is 4.84. The second-order valence-electron chi connectivity index (χ2n) is 7.86. The molecule has 0 bridgehead atoms. The number of fused-ring (bicyclic) bond motifs is 1. The molecular formula is C21H27N5O3. The third-order valence-electron chi connectivity index (χ3n) is 5.92. The maximum absolute atomic E-state index is 12.7. The van der Waals surface area contributed by atoms with Crippen LogP contribution in [0.1, 0.15) is 51.3 Å². The second-order valence-corrected chi connectivity index (χ2v) is 7.86. The number of aromatic nitrogens is 2. The minimum Gasteiger partial charge on any atom is -0.329 e. The lowest BCUT2D eigenvalue weighted by atomic mass is 9.94. The minimum atomic E-state index is -0.797. The van der Waals surface area contributed by atoms with E-state index in [-0.39, 0.29) is 30.3 Å². The number of nitrogens with zero attached hydrogens (tertiary/aromatic N) is 3. The van der Waals surface area contributed by atoms with E-state index in [0.29, 0.717) is 5.69 Å². The Labute approximate surface area is 169 Å². The molecule has 1 saturated heterocycles. The van der Waals surface area contributed by atoms with Crippen molar-refractivity contribution in [1.82, 2.24) is 19.8 Å². The highest BCUT2D eigenvalue weighted by atomic mass is 16.2. The molecule has 1 saturated carbocycles. The van der Waals surface area contributed by atoms with Crippen LogP contribution in [0.5, 0.6) is 0 Å². The SMILES string of the molecule is CCn1c(C)nc2cc(NC(=O)CC3NC(=O)N(C4CCCCC4)C3=O)ccc21. The Balaban J connectivity index is 1.41. The molecule has 1 unspecified atom stereocenters. The quantitative estimate of drug-likeness (QED) is 0.758. The fourth-order valence-corrected chi connectivity index (χ4v) is 4.50. The van der Waals surface area contributed by atoms with E-state index in [2.05, 4.69) is 27.1 Å². The summed E-state index contributed by atoms with van der Waals surface area (Å²) in [5, 5.41) is 5.50. The zero-order valence-electron chi connectivity index (χ0n) is 16.9. The molecule has 1 aliphatic carbocycles. The first-order chi connectivity index (χ1) is 14.0. The predicted molar refractivity (Wildman–Crippen MR) is 109 cm³/mol. The van der Waals surface area contributed by atoms with Crippen molar-refractivity contribution in [3.05, 3.63) is 24.0 Å². The van der Waals surface area contributed by atoms with Crippen molar-refractivity contribution >= 4 is 34.6 Å². The minimum absolute atomic E-state index is 0.0383. The molecule has 2 aromatic rings. The molecule has 8 nitrogen and oxygen atoms in total. The number of nitrogens with one attached hydrogen (secondary N) is 2. The van der Waals surface area contributed by atoms with Gasteiger partial charge >= 0.3 is 6.03 Å². The van der Waals surface area contributed by atoms with Crippen LogP contribution >= 0.6 is 0 Å². The summed E-state index contributed by atoms with van der Waals surface area (Å²) in [7, 11) is 0. The van der Waals surface area contributed by atoms with E-state index < -0.39 is 6.04 Å². The number of benzene rings is 1. The van der Waals surface area contributed by atoms with Crippen LogP contribution in [0.2, 0.25) is 0 Å². The first kappa shape index (κ1) is 19.4. The van der Waals surface area contributed by atoms with Crippen LogP contribution in [-0.2, 0) is 16.1 Å². The number of hydrogen-bond acceptors (Lipinski definition) is 4. The fourth-order valence-electron chi connectivity index (χ4n) is 4.50. The number of aryl methyl sites for hydroxylation is 2. The van der Waals surface area contributed by atoms with E-state index in [1.807, 2.05) is 25.1 Å². The van der Waals surface area contributed by atoms with Gasteiger partial charge in [0, 0.05) is 18.3 Å². The van der Waals surface area contributed by atoms with E-state index in [1.165, 1.54) is 4.90 Å².